The fourth-order valence-corrected chi connectivity index (χ4v) is 6.40. The quantitative estimate of drug-likeness (QED) is 0.661. The number of carbonyl (C=O) groups is 1. The lowest BCUT2D eigenvalue weighted by Gasteiger charge is -2.43. The zero-order chi connectivity index (χ0) is 24.4. The summed E-state index contributed by atoms with van der Waals surface area (Å²) in [6, 6.07) is 4.22. The van der Waals surface area contributed by atoms with Crippen molar-refractivity contribution in [3.8, 4) is 0 Å². The summed E-state index contributed by atoms with van der Waals surface area (Å²) >= 11 is 0. The first-order valence-corrected chi connectivity index (χ1v) is 13.0. The Morgan fingerprint density at radius 3 is 2.33 bits per heavy atom. The summed E-state index contributed by atoms with van der Waals surface area (Å²) in [6.45, 7) is 8.98. The van der Waals surface area contributed by atoms with Crippen LogP contribution in [-0.2, 0) is 21.0 Å². The van der Waals surface area contributed by atoms with Crippen molar-refractivity contribution in [2.45, 2.75) is 63.1 Å². The van der Waals surface area contributed by atoms with E-state index in [-0.39, 0.29) is 43.3 Å². The SMILES string of the molecule is CC1CCCN(C(C)(C)CNC(=O)C2CCN(S(=O)(=O)c3ccccc3C(F)(F)F)CC2)C1. The lowest BCUT2D eigenvalue weighted by molar-refractivity contribution is -0.139. The van der Waals surface area contributed by atoms with Gasteiger partial charge < -0.3 is 5.32 Å². The van der Waals surface area contributed by atoms with Gasteiger partial charge >= 0.3 is 6.18 Å². The highest BCUT2D eigenvalue weighted by Crippen LogP contribution is 2.36. The van der Waals surface area contributed by atoms with Gasteiger partial charge in [0.25, 0.3) is 0 Å². The molecule has 1 atom stereocenters. The molecule has 1 amide bonds. The molecule has 10 heteroatoms. The van der Waals surface area contributed by atoms with Gasteiger partial charge in [-0.15, -0.1) is 0 Å². The first-order chi connectivity index (χ1) is 15.3. The summed E-state index contributed by atoms with van der Waals surface area (Å²) < 4.78 is 66.8. The van der Waals surface area contributed by atoms with Crippen LogP contribution in [0.4, 0.5) is 13.2 Å². The molecule has 33 heavy (non-hydrogen) atoms. The van der Waals surface area contributed by atoms with Crippen LogP contribution < -0.4 is 5.32 Å². The number of carbonyl (C=O) groups excluding carboxylic acids is 1. The van der Waals surface area contributed by atoms with Gasteiger partial charge in [-0.05, 0) is 64.1 Å². The molecule has 2 aliphatic heterocycles. The second-order valence-corrected chi connectivity index (χ2v) is 11.8. The smallest absolute Gasteiger partial charge is 0.354 e. The molecule has 1 N–H and O–H groups in total. The molecule has 1 aromatic rings. The molecule has 6 nitrogen and oxygen atoms in total. The Balaban J connectivity index is 1.58. The minimum absolute atomic E-state index is 0.0135. The molecule has 0 spiro atoms. The van der Waals surface area contributed by atoms with Gasteiger partial charge in [0.1, 0.15) is 0 Å². The van der Waals surface area contributed by atoms with Crippen LogP contribution in [0.3, 0.4) is 0 Å². The number of rotatable bonds is 6. The Labute approximate surface area is 194 Å². The molecule has 3 rings (SSSR count). The predicted octanol–water partition coefficient (Wildman–Crippen LogP) is 3.73. The predicted molar refractivity (Wildman–Crippen MR) is 120 cm³/mol. The van der Waals surface area contributed by atoms with Crippen LogP contribution in [0.5, 0.6) is 0 Å². The maximum atomic E-state index is 13.3. The Bertz CT molecular complexity index is 942. The van der Waals surface area contributed by atoms with E-state index in [9.17, 15) is 26.4 Å². The topological polar surface area (TPSA) is 69.7 Å². The zero-order valence-electron chi connectivity index (χ0n) is 19.5. The van der Waals surface area contributed by atoms with Crippen LogP contribution in [0.25, 0.3) is 0 Å². The van der Waals surface area contributed by atoms with E-state index >= 15 is 0 Å². The van der Waals surface area contributed by atoms with E-state index in [2.05, 4.69) is 31.0 Å². The second kappa shape index (κ2) is 9.92. The Morgan fingerprint density at radius 2 is 1.73 bits per heavy atom. The van der Waals surface area contributed by atoms with Gasteiger partial charge in [-0.1, -0.05) is 19.1 Å². The van der Waals surface area contributed by atoms with E-state index in [1.165, 1.54) is 18.6 Å². The number of halogens is 3. The molecule has 2 saturated heterocycles. The molecule has 1 aromatic carbocycles. The largest absolute Gasteiger partial charge is 0.417 e. The average Bonchev–Trinajstić information content (AvgIpc) is 2.77. The van der Waals surface area contributed by atoms with E-state index in [1.807, 2.05) is 0 Å². The Morgan fingerprint density at radius 1 is 1.09 bits per heavy atom. The lowest BCUT2D eigenvalue weighted by atomic mass is 9.93. The number of nitrogens with one attached hydrogen (secondary N) is 1. The monoisotopic (exact) mass is 489 g/mol. The van der Waals surface area contributed by atoms with Gasteiger partial charge in [0.15, 0.2) is 0 Å². The van der Waals surface area contributed by atoms with Crippen molar-refractivity contribution in [2.24, 2.45) is 11.8 Å². The molecule has 2 fully saturated rings. The summed E-state index contributed by atoms with van der Waals surface area (Å²) in [4.78, 5) is 14.4. The van der Waals surface area contributed by atoms with Gasteiger partial charge in [0.05, 0.1) is 10.5 Å². The number of benzene rings is 1. The maximum Gasteiger partial charge on any atom is 0.417 e. The fourth-order valence-electron chi connectivity index (χ4n) is 4.72. The lowest BCUT2D eigenvalue weighted by Crippen LogP contribution is -2.55. The molecule has 0 bridgehead atoms. The molecular weight excluding hydrogens is 455 g/mol. The molecule has 2 heterocycles. The van der Waals surface area contributed by atoms with Crippen LogP contribution in [0.2, 0.25) is 0 Å². The van der Waals surface area contributed by atoms with Crippen molar-refractivity contribution < 1.29 is 26.4 Å². The average molecular weight is 490 g/mol. The first kappa shape index (κ1) is 26.0. The minimum atomic E-state index is -4.76. The molecule has 0 aromatic heterocycles. The van der Waals surface area contributed by atoms with Gasteiger partial charge in [0.2, 0.25) is 15.9 Å². The van der Waals surface area contributed by atoms with E-state index in [0.29, 0.717) is 12.5 Å². The maximum absolute atomic E-state index is 13.3. The third kappa shape index (κ3) is 6.08. The molecule has 2 aliphatic rings. The summed E-state index contributed by atoms with van der Waals surface area (Å²) in [6.07, 6.45) is -1.85. The highest BCUT2D eigenvalue weighted by molar-refractivity contribution is 7.89. The molecule has 0 radical (unpaired) electrons. The number of hydrogen-bond acceptors (Lipinski definition) is 4. The zero-order valence-corrected chi connectivity index (χ0v) is 20.3. The highest BCUT2D eigenvalue weighted by Gasteiger charge is 2.40. The van der Waals surface area contributed by atoms with Gasteiger partial charge in [0, 0.05) is 37.6 Å². The van der Waals surface area contributed by atoms with E-state index in [1.54, 1.807) is 0 Å². The van der Waals surface area contributed by atoms with Crippen molar-refractivity contribution in [2.75, 3.05) is 32.7 Å². The molecule has 1 unspecified atom stereocenters. The number of alkyl halides is 3. The number of amides is 1. The molecular formula is C23H34F3N3O3S. The molecule has 0 saturated carbocycles. The Hall–Kier alpha value is -1.65. The number of nitrogens with zero attached hydrogens (tertiary/aromatic N) is 2. The third-order valence-electron chi connectivity index (χ3n) is 6.84. The number of hydrogen-bond donors (Lipinski definition) is 1. The third-order valence-corrected chi connectivity index (χ3v) is 8.80. The van der Waals surface area contributed by atoms with Crippen molar-refractivity contribution in [3.05, 3.63) is 29.8 Å². The number of likely N-dealkylation sites (tertiary alicyclic amines) is 1. The summed E-state index contributed by atoms with van der Waals surface area (Å²) in [7, 11) is -4.31. The molecule has 0 aliphatic carbocycles. The van der Waals surface area contributed by atoms with Crippen LogP contribution >= 0.6 is 0 Å². The van der Waals surface area contributed by atoms with Crippen LogP contribution in [0.15, 0.2) is 29.2 Å². The summed E-state index contributed by atoms with van der Waals surface area (Å²) in [5.41, 5.74) is -1.35. The summed E-state index contributed by atoms with van der Waals surface area (Å²) in [5.74, 6) is 0.147. The minimum Gasteiger partial charge on any atom is -0.354 e. The Kier molecular flexibility index (Phi) is 7.80. The normalized spacial score (nSPS) is 22.3. The fraction of sp³-hybridized carbons (Fsp3) is 0.696. The van der Waals surface area contributed by atoms with Gasteiger partial charge in [-0.2, -0.15) is 17.5 Å². The van der Waals surface area contributed by atoms with Crippen molar-refractivity contribution in [3.63, 3.8) is 0 Å². The van der Waals surface area contributed by atoms with Crippen molar-refractivity contribution >= 4 is 15.9 Å². The van der Waals surface area contributed by atoms with Gasteiger partial charge in [-0.3, -0.25) is 9.69 Å². The highest BCUT2D eigenvalue weighted by atomic mass is 32.2. The number of piperidine rings is 2. The van der Waals surface area contributed by atoms with Crippen molar-refractivity contribution in [1.29, 1.82) is 0 Å². The molecule has 186 valence electrons. The summed E-state index contributed by atoms with van der Waals surface area (Å²) in [5, 5.41) is 3.02. The number of sulfonamides is 1. The second-order valence-electron chi connectivity index (χ2n) is 9.90. The van der Waals surface area contributed by atoms with Crippen LogP contribution in [0.1, 0.15) is 52.0 Å². The van der Waals surface area contributed by atoms with E-state index in [0.717, 1.165) is 35.9 Å². The van der Waals surface area contributed by atoms with Gasteiger partial charge in [-0.25, -0.2) is 8.42 Å². The van der Waals surface area contributed by atoms with E-state index < -0.39 is 26.7 Å². The van der Waals surface area contributed by atoms with Crippen molar-refractivity contribution in [1.82, 2.24) is 14.5 Å². The first-order valence-electron chi connectivity index (χ1n) is 11.5. The van der Waals surface area contributed by atoms with E-state index in [4.69, 9.17) is 0 Å². The van der Waals surface area contributed by atoms with Crippen LogP contribution in [0, 0.1) is 11.8 Å². The standard InChI is InChI=1S/C23H34F3N3O3S/c1-17-7-6-12-28(15-17)22(2,3)16-27-21(30)18-10-13-29(14-11-18)33(31,32)20-9-5-4-8-19(20)23(24,25)26/h4-5,8-9,17-18H,6-7,10-16H2,1-3H3,(H,27,30). The van der Waals surface area contributed by atoms with Crippen LogP contribution in [-0.4, -0.2) is 61.8 Å².